The zero-order chi connectivity index (χ0) is 23.5. The Balaban J connectivity index is 1.28. The molecule has 6 nitrogen and oxygen atoms in total. The van der Waals surface area contributed by atoms with Crippen LogP contribution in [0.3, 0.4) is 0 Å². The summed E-state index contributed by atoms with van der Waals surface area (Å²) in [5.74, 6) is 0.878. The fourth-order valence-corrected chi connectivity index (χ4v) is 8.11. The van der Waals surface area contributed by atoms with E-state index >= 15 is 0 Å². The van der Waals surface area contributed by atoms with Crippen LogP contribution in [0.1, 0.15) is 51.0 Å². The number of imidazole rings is 1. The Labute approximate surface area is 200 Å². The normalized spacial score (nSPS) is 40.5. The van der Waals surface area contributed by atoms with Crippen molar-refractivity contribution in [1.29, 1.82) is 0 Å². The smallest absolute Gasteiger partial charge is 0.198 e. The van der Waals surface area contributed by atoms with Crippen LogP contribution < -0.4 is 5.73 Å². The Morgan fingerprint density at radius 1 is 1.24 bits per heavy atom. The van der Waals surface area contributed by atoms with Gasteiger partial charge in [-0.1, -0.05) is 31.2 Å². The van der Waals surface area contributed by atoms with Gasteiger partial charge in [-0.15, -0.1) is 0 Å². The lowest BCUT2D eigenvalue weighted by Gasteiger charge is -2.55. The topological polar surface area (TPSA) is 87.4 Å². The zero-order valence-corrected chi connectivity index (χ0v) is 20.3. The second-order valence-corrected chi connectivity index (χ2v) is 11.7. The number of allylic oxidation sites excluding steroid dienone is 3. The number of rotatable bonds is 2. The SMILES string of the molecule is CN(C)[C@H]1C[C@@]23CC[C@@]4(O2)C(=CCC2(C)C(c5ccc6nc(N)[nH]c6c5)=CCC24)C=C3CC1O. The van der Waals surface area contributed by atoms with E-state index in [1.165, 1.54) is 22.3 Å². The predicted octanol–water partition coefficient (Wildman–Crippen LogP) is 4.20. The molecule has 1 saturated heterocycles. The molecule has 3 aliphatic carbocycles. The van der Waals surface area contributed by atoms with Gasteiger partial charge < -0.3 is 25.5 Å². The molecule has 3 unspecified atom stereocenters. The summed E-state index contributed by atoms with van der Waals surface area (Å²) < 4.78 is 7.31. The fourth-order valence-electron chi connectivity index (χ4n) is 8.11. The van der Waals surface area contributed by atoms with Crippen LogP contribution in [0.5, 0.6) is 0 Å². The van der Waals surface area contributed by atoms with Gasteiger partial charge in [-0.3, -0.25) is 0 Å². The van der Waals surface area contributed by atoms with Crippen LogP contribution >= 0.6 is 0 Å². The molecule has 1 aromatic carbocycles. The lowest BCUT2D eigenvalue weighted by atomic mass is 9.58. The Hall–Kier alpha value is -2.41. The van der Waals surface area contributed by atoms with Gasteiger partial charge in [-0.2, -0.15) is 0 Å². The van der Waals surface area contributed by atoms with Crippen molar-refractivity contribution in [3.8, 4) is 0 Å². The highest BCUT2D eigenvalue weighted by molar-refractivity contribution is 5.84. The van der Waals surface area contributed by atoms with Crippen LogP contribution in [0.25, 0.3) is 16.6 Å². The summed E-state index contributed by atoms with van der Waals surface area (Å²) in [4.78, 5) is 9.74. The summed E-state index contributed by atoms with van der Waals surface area (Å²) in [7, 11) is 4.15. The van der Waals surface area contributed by atoms with Gasteiger partial charge in [0.05, 0.1) is 28.3 Å². The molecule has 5 aliphatic rings. The van der Waals surface area contributed by atoms with Gasteiger partial charge in [0.2, 0.25) is 0 Å². The number of benzene rings is 1. The van der Waals surface area contributed by atoms with Crippen molar-refractivity contribution in [2.45, 2.75) is 68.8 Å². The number of nitrogens with two attached hydrogens (primary N) is 1. The number of nitrogens with one attached hydrogen (secondary N) is 1. The molecule has 6 atom stereocenters. The van der Waals surface area contributed by atoms with Gasteiger partial charge in [-0.05, 0) is 87.0 Å². The molecule has 1 saturated carbocycles. The molecular weight excluding hydrogens is 424 g/mol. The number of aromatic nitrogens is 2. The summed E-state index contributed by atoms with van der Waals surface area (Å²) in [6.07, 6.45) is 12.7. The molecule has 0 radical (unpaired) electrons. The highest BCUT2D eigenvalue weighted by Crippen LogP contribution is 2.67. The molecular formula is C28H34N4O2. The van der Waals surface area contributed by atoms with E-state index < -0.39 is 0 Å². The predicted molar refractivity (Wildman–Crippen MR) is 134 cm³/mol. The van der Waals surface area contributed by atoms with Crippen LogP contribution in [-0.4, -0.2) is 57.4 Å². The highest BCUT2D eigenvalue weighted by Gasteiger charge is 2.66. The molecule has 2 aromatic rings. The standard InChI is InChI=1S/C28H34N4O2/c1-26-9-8-17-13-18-14-23(33)22(32(2)3)15-27(18)10-11-28(17,34-27)24(26)7-5-19(26)16-4-6-20-21(12-16)31-25(29)30-20/h4-6,8,12-13,22-24,33H,7,9-11,14-15H2,1-3H3,(H3,29,30,31)/t22-,23?,24?,26?,27+,28+/m0/s1. The summed E-state index contributed by atoms with van der Waals surface area (Å²) in [5, 5.41) is 10.8. The number of likely N-dealkylation sites (N-methyl/N-ethyl adjacent to an activating group) is 1. The van der Waals surface area contributed by atoms with Crippen molar-refractivity contribution in [2.24, 2.45) is 11.3 Å². The van der Waals surface area contributed by atoms with Crippen LogP contribution in [-0.2, 0) is 4.74 Å². The third kappa shape index (κ3) is 2.54. The van der Waals surface area contributed by atoms with Crippen LogP contribution in [0, 0.1) is 11.3 Å². The van der Waals surface area contributed by atoms with E-state index in [0.29, 0.717) is 11.9 Å². The van der Waals surface area contributed by atoms with Gasteiger partial charge in [-0.25, -0.2) is 4.98 Å². The van der Waals surface area contributed by atoms with E-state index in [4.69, 9.17) is 10.5 Å². The van der Waals surface area contributed by atoms with Crippen molar-refractivity contribution in [3.63, 3.8) is 0 Å². The van der Waals surface area contributed by atoms with Crippen molar-refractivity contribution >= 4 is 22.6 Å². The van der Waals surface area contributed by atoms with Crippen molar-refractivity contribution in [3.05, 3.63) is 53.1 Å². The monoisotopic (exact) mass is 458 g/mol. The van der Waals surface area contributed by atoms with Gasteiger partial charge in [0.25, 0.3) is 0 Å². The third-order valence-corrected chi connectivity index (χ3v) is 9.82. The minimum atomic E-state index is -0.329. The van der Waals surface area contributed by atoms with E-state index in [9.17, 15) is 5.11 Å². The molecule has 34 heavy (non-hydrogen) atoms. The summed E-state index contributed by atoms with van der Waals surface area (Å²) in [5.41, 5.74) is 12.7. The van der Waals surface area contributed by atoms with Gasteiger partial charge in [0.1, 0.15) is 0 Å². The van der Waals surface area contributed by atoms with Gasteiger partial charge >= 0.3 is 0 Å². The molecule has 2 fully saturated rings. The molecule has 1 aromatic heterocycles. The minimum absolute atomic E-state index is 0.0226. The fraction of sp³-hybridized carbons (Fsp3) is 0.536. The number of nitrogens with zero attached hydrogens (tertiary/aromatic N) is 2. The lowest BCUT2D eigenvalue weighted by Crippen LogP contribution is -2.57. The average molecular weight is 459 g/mol. The number of fused-ring (bicyclic) bond motifs is 2. The number of hydrogen-bond acceptors (Lipinski definition) is 5. The number of H-pyrrole nitrogens is 1. The number of aliphatic hydroxyl groups is 1. The van der Waals surface area contributed by atoms with Crippen LogP contribution in [0.4, 0.5) is 5.95 Å². The summed E-state index contributed by atoms with van der Waals surface area (Å²) in [6, 6.07) is 6.61. The molecule has 7 rings (SSSR count). The number of aromatic amines is 1. The zero-order valence-electron chi connectivity index (χ0n) is 20.3. The molecule has 2 bridgehead atoms. The Morgan fingerprint density at radius 3 is 2.91 bits per heavy atom. The van der Waals surface area contributed by atoms with E-state index in [1.807, 2.05) is 0 Å². The molecule has 3 heterocycles. The summed E-state index contributed by atoms with van der Waals surface area (Å²) >= 11 is 0. The average Bonchev–Trinajstić information content (AvgIpc) is 3.44. The third-order valence-electron chi connectivity index (χ3n) is 9.82. The first-order chi connectivity index (χ1) is 16.2. The number of nitrogen functional groups attached to an aromatic ring is 1. The first-order valence-corrected chi connectivity index (χ1v) is 12.7. The summed E-state index contributed by atoms with van der Waals surface area (Å²) in [6.45, 7) is 2.44. The first-order valence-electron chi connectivity index (χ1n) is 12.7. The Bertz CT molecular complexity index is 1300. The van der Waals surface area contributed by atoms with E-state index in [0.717, 1.165) is 49.6 Å². The second-order valence-electron chi connectivity index (χ2n) is 11.7. The number of anilines is 1. The number of hydrogen-bond donors (Lipinski definition) is 3. The highest BCUT2D eigenvalue weighted by atomic mass is 16.5. The maximum Gasteiger partial charge on any atom is 0.198 e. The van der Waals surface area contributed by atoms with E-state index in [-0.39, 0.29) is 28.8 Å². The molecule has 0 amide bonds. The maximum absolute atomic E-state index is 10.8. The maximum atomic E-state index is 10.8. The van der Waals surface area contributed by atoms with Crippen molar-refractivity contribution < 1.29 is 9.84 Å². The first kappa shape index (κ1) is 20.9. The molecule has 2 aliphatic heterocycles. The van der Waals surface area contributed by atoms with Crippen LogP contribution in [0.2, 0.25) is 0 Å². The molecule has 178 valence electrons. The van der Waals surface area contributed by atoms with Crippen LogP contribution in [0.15, 0.2) is 47.6 Å². The van der Waals surface area contributed by atoms with Crippen molar-refractivity contribution in [2.75, 3.05) is 19.8 Å². The second kappa shape index (κ2) is 6.62. The van der Waals surface area contributed by atoms with E-state index in [2.05, 4.69) is 72.3 Å². The number of aliphatic hydroxyl groups excluding tert-OH is 1. The Morgan fingerprint density at radius 2 is 2.09 bits per heavy atom. The molecule has 6 heteroatoms. The largest absolute Gasteiger partial charge is 0.391 e. The lowest BCUT2D eigenvalue weighted by molar-refractivity contribution is -0.144. The van der Waals surface area contributed by atoms with Crippen molar-refractivity contribution in [1.82, 2.24) is 14.9 Å². The van der Waals surface area contributed by atoms with E-state index in [1.54, 1.807) is 0 Å². The number of ether oxygens (including phenoxy) is 1. The van der Waals surface area contributed by atoms with Gasteiger partial charge in [0.15, 0.2) is 5.95 Å². The quantitative estimate of drug-likeness (QED) is 0.628. The van der Waals surface area contributed by atoms with Gasteiger partial charge in [0, 0.05) is 17.4 Å². The molecule has 2 spiro atoms. The Kier molecular flexibility index (Phi) is 4.08. The molecule has 4 N–H and O–H groups in total. The minimum Gasteiger partial charge on any atom is -0.391 e.